The van der Waals surface area contributed by atoms with Crippen LogP contribution in [0.2, 0.25) is 0 Å². The summed E-state index contributed by atoms with van der Waals surface area (Å²) in [6, 6.07) is 17.5. The van der Waals surface area contributed by atoms with Gasteiger partial charge in [0.05, 0.1) is 58.4 Å². The van der Waals surface area contributed by atoms with Gasteiger partial charge in [-0.3, -0.25) is 30.4 Å². The van der Waals surface area contributed by atoms with Crippen LogP contribution in [0.4, 0.5) is 70.6 Å². The average Bonchev–Trinajstić information content (AvgIpc) is 4.41. The minimum absolute atomic E-state index is 0. The van der Waals surface area contributed by atoms with Crippen molar-refractivity contribution in [1.29, 1.82) is 0 Å². The van der Waals surface area contributed by atoms with Crippen LogP contribution in [0.3, 0.4) is 0 Å². The molecule has 0 aromatic carbocycles. The summed E-state index contributed by atoms with van der Waals surface area (Å²) in [5, 5.41) is 5.62. The van der Waals surface area contributed by atoms with Gasteiger partial charge in [0.25, 0.3) is 0 Å². The number of amides is 4. The Labute approximate surface area is 485 Å². The Balaban J connectivity index is 0.000000150. The van der Waals surface area contributed by atoms with E-state index in [2.05, 4.69) is 76.2 Å². The number of pyridine rings is 6. The zero-order chi connectivity index (χ0) is 57.7. The molecule has 13 heterocycles. The summed E-state index contributed by atoms with van der Waals surface area (Å²) in [6.45, 7) is 10.8. The van der Waals surface area contributed by atoms with Gasteiger partial charge in [-0.15, -0.1) is 0 Å². The molecule has 2 atom stereocenters. The van der Waals surface area contributed by atoms with Gasteiger partial charge in [0.1, 0.15) is 23.0 Å². The van der Waals surface area contributed by atoms with Gasteiger partial charge in [-0.25, -0.2) is 39.5 Å². The Kier molecular flexibility index (Phi) is 16.0. The first kappa shape index (κ1) is 58.1. The van der Waals surface area contributed by atoms with E-state index in [4.69, 9.17) is 18.1 Å². The molecular formula is C54H50BBrF6N14O6S. The maximum Gasteiger partial charge on any atom is 0.534 e. The molecule has 83 heavy (non-hydrogen) atoms. The fourth-order valence-corrected chi connectivity index (χ4v) is 10.2. The summed E-state index contributed by atoms with van der Waals surface area (Å²) in [5.74, 6) is 2.02. The van der Waals surface area contributed by atoms with Crippen molar-refractivity contribution in [1.82, 2.24) is 39.9 Å². The van der Waals surface area contributed by atoms with E-state index in [9.17, 15) is 35.9 Å². The molecule has 8 aromatic heterocycles. The van der Waals surface area contributed by atoms with E-state index in [-0.39, 0.29) is 47.9 Å². The van der Waals surface area contributed by atoms with E-state index in [1.807, 2.05) is 27.7 Å². The third kappa shape index (κ3) is 12.2. The highest BCUT2D eigenvalue weighted by Gasteiger charge is 2.53. The van der Waals surface area contributed by atoms with Crippen molar-refractivity contribution in [2.75, 3.05) is 56.4 Å². The molecule has 430 valence electrons. The molecule has 5 aliphatic heterocycles. The summed E-state index contributed by atoms with van der Waals surface area (Å²) < 4.78 is 102. The highest BCUT2D eigenvalue weighted by molar-refractivity contribution is 9.10. The van der Waals surface area contributed by atoms with Crippen molar-refractivity contribution < 1.29 is 54.1 Å². The molecule has 3 saturated heterocycles. The number of nitrogens with one attached hydrogen (secondary N) is 2. The van der Waals surface area contributed by atoms with Crippen LogP contribution < -0.4 is 35.9 Å². The third-order valence-electron chi connectivity index (χ3n) is 14.6. The van der Waals surface area contributed by atoms with Crippen LogP contribution >= 0.6 is 29.4 Å². The predicted molar refractivity (Wildman–Crippen MR) is 303 cm³/mol. The number of urea groups is 2. The summed E-state index contributed by atoms with van der Waals surface area (Å²) in [6.07, 6.45) is 3.55. The normalized spacial score (nSPS) is 18.0. The number of carbonyl (C=O) groups excluding carboxylic acids is 2. The Morgan fingerprint density at radius 3 is 1.55 bits per heavy atom. The highest BCUT2D eigenvalue weighted by atomic mass is 79.9. The largest absolute Gasteiger partial charge is 0.534 e. The van der Waals surface area contributed by atoms with Crippen LogP contribution in [0.5, 0.6) is 0 Å². The number of hydrogen-bond acceptors (Lipinski definition) is 16. The number of hydrogen-bond donors (Lipinski definition) is 2. The Morgan fingerprint density at radius 2 is 1.08 bits per heavy atom. The van der Waals surface area contributed by atoms with E-state index in [0.717, 1.165) is 66.3 Å². The second-order valence-corrected chi connectivity index (χ2v) is 21.4. The molecule has 5 aliphatic rings. The second-order valence-electron chi connectivity index (χ2n) is 20.5. The molecule has 2 N–H and O–H groups in total. The molecule has 4 bridgehead atoms. The Hall–Kier alpha value is -8.15. The molecule has 13 rings (SSSR count). The van der Waals surface area contributed by atoms with Crippen molar-refractivity contribution in [3.8, 4) is 33.8 Å². The standard InChI is InChI=1S/C24H18F3N7O2.C21H16BrF3N6O.C9H14BNO3.H2S/c25-24(26,27)20-9-14(3-6-29-20)17-1-2-18-22(31-17)34(16-5-8-33(18)12-16)23(35)32-21-10-15(4-7-30-21)19-11-28-13-36-19;22-13-4-7-27-18(10-13)29-20(32)31-14-5-8-30(11-14)16-2-1-15(28-19(16)31)12-3-6-26-17(9-12)21(23,24)25;1-8(2)9(3,4)14-10(13-8)7-5-11-6-12-7;/h1-4,6-7,9-11,13,16H,5,8,12H2,(H,30,32,35);1-4,6-7,9-10,14H,5,8,11H2,(H,27,29,32);5-6H,1-4H3;1H2/t16-;14-;;/m00../s1. The maximum absolute atomic E-state index is 13.5. The van der Waals surface area contributed by atoms with E-state index in [1.54, 1.807) is 83.1 Å². The van der Waals surface area contributed by atoms with Crippen LogP contribution in [0, 0.1) is 0 Å². The molecule has 3 fully saturated rings. The summed E-state index contributed by atoms with van der Waals surface area (Å²) in [7, 11) is -0.442. The van der Waals surface area contributed by atoms with Crippen LogP contribution in [0.1, 0.15) is 51.9 Å². The SMILES string of the molecule is CC1(C)OB(c2cnco2)OC1(C)C.O=C(Nc1cc(-c2cnco2)ccn1)N1c2nc(-c3ccnc(C(F)(F)F)c3)ccc2N2CC[C@H]1C2.O=C(Nc1cc(Br)ccn1)N1c2nc(-c3ccnc(C(F)(F)F)c3)ccc2N2CC[C@H]1C2.S. The zero-order valence-electron chi connectivity index (χ0n) is 44.5. The van der Waals surface area contributed by atoms with Crippen molar-refractivity contribution >= 4 is 88.9 Å². The van der Waals surface area contributed by atoms with Crippen LogP contribution in [0.25, 0.3) is 33.8 Å². The van der Waals surface area contributed by atoms with Crippen LogP contribution in [-0.2, 0) is 21.7 Å². The lowest BCUT2D eigenvalue weighted by Gasteiger charge is -2.35. The highest BCUT2D eigenvalue weighted by Crippen LogP contribution is 2.43. The first-order valence-electron chi connectivity index (χ1n) is 25.6. The second kappa shape index (κ2) is 22.9. The summed E-state index contributed by atoms with van der Waals surface area (Å²) in [5.41, 5.74) is 1.35. The Bertz CT molecular complexity index is 3650. The van der Waals surface area contributed by atoms with E-state index < -0.39 is 42.9 Å². The van der Waals surface area contributed by atoms with Gasteiger partial charge in [0.15, 0.2) is 35.8 Å². The number of halogens is 7. The van der Waals surface area contributed by atoms with Gasteiger partial charge in [0.2, 0.25) is 0 Å². The zero-order valence-corrected chi connectivity index (χ0v) is 47.1. The van der Waals surface area contributed by atoms with Gasteiger partial charge in [0, 0.05) is 72.1 Å². The lowest BCUT2D eigenvalue weighted by atomic mass is 9.87. The first-order valence-corrected chi connectivity index (χ1v) is 26.4. The third-order valence-corrected chi connectivity index (χ3v) is 15.1. The molecular weight excluding hydrogens is 1180 g/mol. The van der Waals surface area contributed by atoms with E-state index in [1.165, 1.54) is 24.9 Å². The molecule has 4 amide bonds. The fraction of sp³-hybridized carbons (Fsp3) is 0.296. The van der Waals surface area contributed by atoms with Gasteiger partial charge in [-0.1, -0.05) is 15.9 Å². The molecule has 0 aliphatic carbocycles. The van der Waals surface area contributed by atoms with Gasteiger partial charge < -0.3 is 27.9 Å². The molecule has 20 nitrogen and oxygen atoms in total. The number of nitrogens with zero attached hydrogens (tertiary/aromatic N) is 12. The number of alkyl halides is 6. The number of aromatic nitrogens is 8. The lowest BCUT2D eigenvalue weighted by molar-refractivity contribution is -0.141. The molecule has 0 unspecified atom stereocenters. The number of carbonyl (C=O) groups is 2. The topological polar surface area (TPSA) is 219 Å². The monoisotopic (exact) mass is 1230 g/mol. The smallest absolute Gasteiger partial charge is 0.452 e. The minimum atomic E-state index is -4.58. The summed E-state index contributed by atoms with van der Waals surface area (Å²) >= 11 is 3.35. The molecule has 0 radical (unpaired) electrons. The molecule has 29 heteroatoms. The van der Waals surface area contributed by atoms with Crippen molar-refractivity contribution in [3.63, 3.8) is 0 Å². The predicted octanol–water partition coefficient (Wildman–Crippen LogP) is 10.9. The minimum Gasteiger partial charge on any atom is -0.452 e. The van der Waals surface area contributed by atoms with Gasteiger partial charge in [-0.2, -0.15) is 39.8 Å². The fourth-order valence-electron chi connectivity index (χ4n) is 9.88. The van der Waals surface area contributed by atoms with Crippen LogP contribution in [0.15, 0.2) is 136 Å². The molecule has 0 spiro atoms. The first-order chi connectivity index (χ1) is 39.1. The van der Waals surface area contributed by atoms with Crippen molar-refractivity contribution in [2.24, 2.45) is 0 Å². The van der Waals surface area contributed by atoms with Crippen LogP contribution in [-0.4, -0.2) is 109 Å². The molecule has 0 saturated carbocycles. The Morgan fingerprint density at radius 1 is 0.614 bits per heavy atom. The molecule has 8 aromatic rings. The number of fused-ring (bicyclic) bond motifs is 8. The summed E-state index contributed by atoms with van der Waals surface area (Å²) in [4.78, 5) is 66.3. The van der Waals surface area contributed by atoms with E-state index >= 15 is 0 Å². The van der Waals surface area contributed by atoms with Crippen molar-refractivity contribution in [3.05, 3.63) is 139 Å². The van der Waals surface area contributed by atoms with Crippen molar-refractivity contribution in [2.45, 2.75) is 76.2 Å². The number of rotatable bonds is 6. The lowest BCUT2D eigenvalue weighted by Crippen LogP contribution is -2.48. The average molecular weight is 1230 g/mol. The van der Waals surface area contributed by atoms with Gasteiger partial charge in [-0.05, 0) is 113 Å². The number of anilines is 6. The number of oxazole rings is 2. The maximum atomic E-state index is 13.5. The van der Waals surface area contributed by atoms with E-state index in [0.29, 0.717) is 64.7 Å². The quantitative estimate of drug-likeness (QED) is 0.117. The van der Waals surface area contributed by atoms with Gasteiger partial charge >= 0.3 is 31.5 Å².